The predicted octanol–water partition coefficient (Wildman–Crippen LogP) is 2.31. The average Bonchev–Trinajstić information content (AvgIpc) is 2.64. The zero-order chi connectivity index (χ0) is 17.6. The zero-order valence-electron chi connectivity index (χ0n) is 14.9. The third-order valence-corrected chi connectivity index (χ3v) is 5.62. The minimum absolute atomic E-state index is 0.138. The van der Waals surface area contributed by atoms with Crippen molar-refractivity contribution in [1.82, 2.24) is 9.80 Å². The number of likely N-dealkylation sites (tertiary alicyclic amines) is 2. The third-order valence-electron chi connectivity index (χ3n) is 5.62. The Balaban J connectivity index is 1.50. The summed E-state index contributed by atoms with van der Waals surface area (Å²) >= 11 is 0. The van der Waals surface area contributed by atoms with E-state index >= 15 is 0 Å². The van der Waals surface area contributed by atoms with Crippen molar-refractivity contribution < 1.29 is 14.3 Å². The Morgan fingerprint density at radius 1 is 1.12 bits per heavy atom. The SMILES string of the molecule is O=C(C1CCN(CCO)CC1)N1CCC[C@H](Cc2ccc(F)cc2)C1. The van der Waals surface area contributed by atoms with E-state index in [1.54, 1.807) is 0 Å². The summed E-state index contributed by atoms with van der Waals surface area (Å²) in [6.07, 6.45) is 4.91. The quantitative estimate of drug-likeness (QED) is 0.888. The van der Waals surface area contributed by atoms with Crippen LogP contribution in [0.5, 0.6) is 0 Å². The maximum Gasteiger partial charge on any atom is 0.225 e. The highest BCUT2D eigenvalue weighted by Gasteiger charge is 2.31. The topological polar surface area (TPSA) is 43.8 Å². The molecule has 2 saturated heterocycles. The van der Waals surface area contributed by atoms with Crippen molar-refractivity contribution in [2.75, 3.05) is 39.3 Å². The maximum absolute atomic E-state index is 13.0. The molecular weight excluding hydrogens is 319 g/mol. The molecule has 2 fully saturated rings. The van der Waals surface area contributed by atoms with Crippen LogP contribution in [0.4, 0.5) is 4.39 Å². The van der Waals surface area contributed by atoms with E-state index in [-0.39, 0.29) is 18.3 Å². The Hall–Kier alpha value is -1.46. The largest absolute Gasteiger partial charge is 0.395 e. The monoisotopic (exact) mass is 348 g/mol. The summed E-state index contributed by atoms with van der Waals surface area (Å²) in [6.45, 7) is 4.41. The van der Waals surface area contributed by atoms with E-state index in [0.29, 0.717) is 18.4 Å². The molecule has 5 heteroatoms. The number of carbonyl (C=O) groups excluding carboxylic acids is 1. The predicted molar refractivity (Wildman–Crippen MR) is 95.7 cm³/mol. The summed E-state index contributed by atoms with van der Waals surface area (Å²) in [5.41, 5.74) is 1.15. The second-order valence-electron chi connectivity index (χ2n) is 7.46. The first-order valence-corrected chi connectivity index (χ1v) is 9.52. The number of piperidine rings is 2. The van der Waals surface area contributed by atoms with E-state index in [9.17, 15) is 9.18 Å². The lowest BCUT2D eigenvalue weighted by atomic mass is 9.89. The van der Waals surface area contributed by atoms with Crippen LogP contribution in [0, 0.1) is 17.7 Å². The van der Waals surface area contributed by atoms with Crippen molar-refractivity contribution in [3.63, 3.8) is 0 Å². The van der Waals surface area contributed by atoms with E-state index in [0.717, 1.165) is 63.8 Å². The smallest absolute Gasteiger partial charge is 0.225 e. The zero-order valence-corrected chi connectivity index (χ0v) is 14.9. The molecule has 0 aromatic heterocycles. The number of aliphatic hydroxyl groups excluding tert-OH is 1. The summed E-state index contributed by atoms with van der Waals surface area (Å²) in [5.74, 6) is 0.723. The molecule has 4 nitrogen and oxygen atoms in total. The fourth-order valence-corrected chi connectivity index (χ4v) is 4.19. The third kappa shape index (κ3) is 5.02. The van der Waals surface area contributed by atoms with Gasteiger partial charge in [-0.05, 0) is 68.8 Å². The number of hydrogen-bond acceptors (Lipinski definition) is 3. The number of aliphatic hydroxyl groups is 1. The minimum atomic E-state index is -0.197. The summed E-state index contributed by atoms with van der Waals surface area (Å²) in [4.78, 5) is 17.2. The average molecular weight is 348 g/mol. The fraction of sp³-hybridized carbons (Fsp3) is 0.650. The lowest BCUT2D eigenvalue weighted by molar-refractivity contribution is -0.139. The van der Waals surface area contributed by atoms with Crippen LogP contribution in [0.1, 0.15) is 31.2 Å². The summed E-state index contributed by atoms with van der Waals surface area (Å²) in [6, 6.07) is 6.74. The first kappa shape index (κ1) is 18.3. The van der Waals surface area contributed by atoms with Crippen molar-refractivity contribution in [1.29, 1.82) is 0 Å². The lowest BCUT2D eigenvalue weighted by Gasteiger charge is -2.37. The molecule has 0 aliphatic carbocycles. The molecule has 0 saturated carbocycles. The van der Waals surface area contributed by atoms with Crippen LogP contribution in [-0.2, 0) is 11.2 Å². The molecule has 3 rings (SSSR count). The molecule has 25 heavy (non-hydrogen) atoms. The molecule has 2 aliphatic heterocycles. The van der Waals surface area contributed by atoms with Crippen molar-refractivity contribution in [2.24, 2.45) is 11.8 Å². The summed E-state index contributed by atoms with van der Waals surface area (Å²) in [5, 5.41) is 9.03. The van der Waals surface area contributed by atoms with Gasteiger partial charge in [0.2, 0.25) is 5.91 Å². The number of carbonyl (C=O) groups is 1. The molecule has 2 heterocycles. The Morgan fingerprint density at radius 2 is 1.84 bits per heavy atom. The molecule has 0 radical (unpaired) electrons. The van der Waals surface area contributed by atoms with Crippen molar-refractivity contribution >= 4 is 5.91 Å². The molecule has 138 valence electrons. The number of β-amino-alcohol motifs (C(OH)–C–C–N with tert-alkyl or cyclic N) is 1. The Kier molecular flexibility index (Phi) is 6.43. The van der Waals surface area contributed by atoms with Gasteiger partial charge in [0.1, 0.15) is 5.82 Å². The number of amides is 1. The van der Waals surface area contributed by atoms with Crippen LogP contribution in [0.15, 0.2) is 24.3 Å². The molecule has 0 spiro atoms. The summed E-state index contributed by atoms with van der Waals surface area (Å²) < 4.78 is 13.0. The van der Waals surface area contributed by atoms with Gasteiger partial charge < -0.3 is 14.9 Å². The second-order valence-corrected chi connectivity index (χ2v) is 7.46. The van der Waals surface area contributed by atoms with Crippen LogP contribution >= 0.6 is 0 Å². The molecule has 1 amide bonds. The van der Waals surface area contributed by atoms with E-state index in [4.69, 9.17) is 5.11 Å². The highest BCUT2D eigenvalue weighted by Crippen LogP contribution is 2.25. The molecule has 1 N–H and O–H groups in total. The van der Waals surface area contributed by atoms with Gasteiger partial charge in [-0.15, -0.1) is 0 Å². The van der Waals surface area contributed by atoms with E-state index in [2.05, 4.69) is 9.80 Å². The molecular formula is C20H29FN2O2. The first-order valence-electron chi connectivity index (χ1n) is 9.52. The first-order chi connectivity index (χ1) is 12.2. The van der Waals surface area contributed by atoms with Crippen LogP contribution in [0.3, 0.4) is 0 Å². The van der Waals surface area contributed by atoms with Gasteiger partial charge in [0.25, 0.3) is 0 Å². The van der Waals surface area contributed by atoms with Gasteiger partial charge >= 0.3 is 0 Å². The second kappa shape index (κ2) is 8.77. The van der Waals surface area contributed by atoms with E-state index < -0.39 is 0 Å². The highest BCUT2D eigenvalue weighted by atomic mass is 19.1. The summed E-state index contributed by atoms with van der Waals surface area (Å²) in [7, 11) is 0. The number of hydrogen-bond donors (Lipinski definition) is 1. The Bertz CT molecular complexity index is 555. The van der Waals surface area contributed by atoms with Crippen LogP contribution in [-0.4, -0.2) is 60.1 Å². The van der Waals surface area contributed by atoms with Crippen LogP contribution in [0.2, 0.25) is 0 Å². The normalized spacial score (nSPS) is 23.0. The van der Waals surface area contributed by atoms with E-state index in [1.807, 2.05) is 12.1 Å². The fourth-order valence-electron chi connectivity index (χ4n) is 4.19. The number of benzene rings is 1. The Morgan fingerprint density at radius 3 is 2.52 bits per heavy atom. The van der Waals surface area contributed by atoms with Crippen molar-refractivity contribution in [3.05, 3.63) is 35.6 Å². The van der Waals surface area contributed by atoms with Crippen molar-refractivity contribution in [2.45, 2.75) is 32.1 Å². The molecule has 0 bridgehead atoms. The lowest BCUT2D eigenvalue weighted by Crippen LogP contribution is -2.46. The number of rotatable bonds is 5. The Labute approximate surface area is 149 Å². The van der Waals surface area contributed by atoms with Gasteiger partial charge in [-0.1, -0.05) is 12.1 Å². The minimum Gasteiger partial charge on any atom is -0.395 e. The van der Waals surface area contributed by atoms with Crippen LogP contribution in [0.25, 0.3) is 0 Å². The molecule has 0 unspecified atom stereocenters. The number of halogens is 1. The van der Waals surface area contributed by atoms with Crippen molar-refractivity contribution in [3.8, 4) is 0 Å². The van der Waals surface area contributed by atoms with Crippen LogP contribution < -0.4 is 0 Å². The number of nitrogens with zero attached hydrogens (tertiary/aromatic N) is 2. The van der Waals surface area contributed by atoms with Gasteiger partial charge in [-0.2, -0.15) is 0 Å². The van der Waals surface area contributed by atoms with E-state index in [1.165, 1.54) is 12.1 Å². The van der Waals surface area contributed by atoms with Gasteiger partial charge in [-0.25, -0.2) is 4.39 Å². The molecule has 1 atom stereocenters. The standard InChI is InChI=1S/C20H29FN2O2/c21-19-5-3-16(4-6-19)14-17-2-1-9-23(15-17)20(25)18-7-10-22(11-8-18)12-13-24/h3-6,17-18,24H,1-2,7-15H2/t17-/m1/s1. The molecule has 1 aromatic carbocycles. The van der Waals surface area contributed by atoms with Gasteiger partial charge in [-0.3, -0.25) is 4.79 Å². The van der Waals surface area contributed by atoms with Gasteiger partial charge in [0.15, 0.2) is 0 Å². The molecule has 2 aliphatic rings. The maximum atomic E-state index is 13.0. The van der Waals surface area contributed by atoms with Gasteiger partial charge in [0.05, 0.1) is 6.61 Å². The highest BCUT2D eigenvalue weighted by molar-refractivity contribution is 5.79. The van der Waals surface area contributed by atoms with Gasteiger partial charge in [0, 0.05) is 25.6 Å². The molecule has 1 aromatic rings.